The summed E-state index contributed by atoms with van der Waals surface area (Å²) in [7, 11) is 0. The first-order valence-corrected chi connectivity index (χ1v) is 7.38. The maximum Gasteiger partial charge on any atom is 0.236 e. The summed E-state index contributed by atoms with van der Waals surface area (Å²) in [5.74, 6) is 1.57. The molecule has 0 saturated carbocycles. The van der Waals surface area contributed by atoms with Crippen molar-refractivity contribution in [3.8, 4) is 5.75 Å². The largest absolute Gasteiger partial charge is 0.494 e. The number of fused-ring (bicyclic) bond motifs is 1. The van der Waals surface area contributed by atoms with Gasteiger partial charge in [0.1, 0.15) is 11.6 Å². The van der Waals surface area contributed by atoms with E-state index >= 15 is 0 Å². The van der Waals surface area contributed by atoms with E-state index in [1.807, 2.05) is 62.4 Å². The van der Waals surface area contributed by atoms with Crippen molar-refractivity contribution < 1.29 is 9.53 Å². The SMILES string of the molecule is CCOc1ccc(CC(=O)n2c(C)nc3ccccc32)cc1. The van der Waals surface area contributed by atoms with Crippen molar-refractivity contribution >= 4 is 16.9 Å². The number of benzene rings is 2. The fourth-order valence-corrected chi connectivity index (χ4v) is 2.59. The maximum absolute atomic E-state index is 12.6. The smallest absolute Gasteiger partial charge is 0.236 e. The van der Waals surface area contributed by atoms with Gasteiger partial charge in [0.15, 0.2) is 0 Å². The zero-order valence-corrected chi connectivity index (χ0v) is 12.7. The average molecular weight is 294 g/mol. The minimum Gasteiger partial charge on any atom is -0.494 e. The highest BCUT2D eigenvalue weighted by Crippen LogP contribution is 2.17. The van der Waals surface area contributed by atoms with Gasteiger partial charge in [-0.05, 0) is 43.7 Å². The zero-order valence-electron chi connectivity index (χ0n) is 12.7. The highest BCUT2D eigenvalue weighted by molar-refractivity contribution is 5.92. The number of aryl methyl sites for hydroxylation is 1. The lowest BCUT2D eigenvalue weighted by atomic mass is 10.1. The van der Waals surface area contributed by atoms with E-state index in [1.54, 1.807) is 4.57 Å². The molecule has 0 spiro atoms. The van der Waals surface area contributed by atoms with Crippen LogP contribution in [0.4, 0.5) is 0 Å². The minimum absolute atomic E-state index is 0.0235. The molecule has 3 aromatic rings. The molecule has 0 unspecified atom stereocenters. The Bertz CT molecular complexity index is 804. The summed E-state index contributed by atoms with van der Waals surface area (Å²) < 4.78 is 7.10. The van der Waals surface area contributed by atoms with E-state index in [-0.39, 0.29) is 5.91 Å². The van der Waals surface area contributed by atoms with Crippen LogP contribution in [-0.4, -0.2) is 22.1 Å². The molecule has 1 aromatic heterocycles. The van der Waals surface area contributed by atoms with Gasteiger partial charge in [-0.2, -0.15) is 0 Å². The van der Waals surface area contributed by atoms with Crippen LogP contribution in [-0.2, 0) is 6.42 Å². The Balaban J connectivity index is 1.85. The Labute approximate surface area is 129 Å². The highest BCUT2D eigenvalue weighted by atomic mass is 16.5. The second kappa shape index (κ2) is 6.02. The van der Waals surface area contributed by atoms with Crippen molar-refractivity contribution in [1.82, 2.24) is 9.55 Å². The fraction of sp³-hybridized carbons (Fsp3) is 0.222. The first kappa shape index (κ1) is 14.3. The van der Waals surface area contributed by atoms with E-state index in [0.29, 0.717) is 13.0 Å². The molecule has 0 radical (unpaired) electrons. The summed E-state index contributed by atoms with van der Waals surface area (Å²) in [6, 6.07) is 15.3. The normalized spacial score (nSPS) is 10.8. The van der Waals surface area contributed by atoms with Crippen molar-refractivity contribution in [2.45, 2.75) is 20.3 Å². The zero-order chi connectivity index (χ0) is 15.5. The number of carbonyl (C=O) groups is 1. The van der Waals surface area contributed by atoms with Crippen LogP contribution in [0.1, 0.15) is 23.1 Å². The number of hydrogen-bond donors (Lipinski definition) is 0. The molecule has 112 valence electrons. The van der Waals surface area contributed by atoms with Crippen LogP contribution in [0.2, 0.25) is 0 Å². The van der Waals surface area contributed by atoms with Crippen LogP contribution >= 0.6 is 0 Å². The molecule has 0 fully saturated rings. The van der Waals surface area contributed by atoms with E-state index in [9.17, 15) is 4.79 Å². The summed E-state index contributed by atoms with van der Waals surface area (Å²) in [6.07, 6.45) is 0.341. The van der Waals surface area contributed by atoms with Crippen LogP contribution in [0.5, 0.6) is 5.75 Å². The average Bonchev–Trinajstić information content (AvgIpc) is 2.85. The second-order valence-corrected chi connectivity index (χ2v) is 5.13. The summed E-state index contributed by atoms with van der Waals surface area (Å²) >= 11 is 0. The molecule has 0 N–H and O–H groups in total. The van der Waals surface area contributed by atoms with Gasteiger partial charge < -0.3 is 4.74 Å². The standard InChI is InChI=1S/C18H18N2O2/c1-3-22-15-10-8-14(9-11-15)12-18(21)20-13(2)19-16-6-4-5-7-17(16)20/h4-11H,3,12H2,1-2H3. The number of imidazole rings is 1. The number of rotatable bonds is 4. The van der Waals surface area contributed by atoms with Crippen LogP contribution in [0, 0.1) is 6.92 Å². The molecule has 0 aliphatic rings. The summed E-state index contributed by atoms with van der Waals surface area (Å²) in [4.78, 5) is 17.0. The Morgan fingerprint density at radius 3 is 2.59 bits per heavy atom. The van der Waals surface area contributed by atoms with Crippen molar-refractivity contribution in [3.63, 3.8) is 0 Å². The monoisotopic (exact) mass is 294 g/mol. The molecule has 0 bridgehead atoms. The van der Waals surface area contributed by atoms with Gasteiger partial charge in [-0.15, -0.1) is 0 Å². The molecule has 0 amide bonds. The Kier molecular flexibility index (Phi) is 3.92. The van der Waals surface area contributed by atoms with Gasteiger partial charge in [-0.3, -0.25) is 9.36 Å². The molecule has 0 atom stereocenters. The molecule has 4 nitrogen and oxygen atoms in total. The third kappa shape index (κ3) is 2.72. The highest BCUT2D eigenvalue weighted by Gasteiger charge is 2.14. The van der Waals surface area contributed by atoms with Gasteiger partial charge in [0.25, 0.3) is 0 Å². The topological polar surface area (TPSA) is 44.1 Å². The van der Waals surface area contributed by atoms with Crippen LogP contribution in [0.3, 0.4) is 0 Å². The van der Waals surface area contributed by atoms with Crippen molar-refractivity contribution in [3.05, 3.63) is 59.9 Å². The van der Waals surface area contributed by atoms with E-state index in [1.165, 1.54) is 0 Å². The lowest BCUT2D eigenvalue weighted by Crippen LogP contribution is -2.15. The molecule has 0 aliphatic heterocycles. The minimum atomic E-state index is 0.0235. The number of nitrogens with zero attached hydrogens (tertiary/aromatic N) is 2. The molecule has 4 heteroatoms. The first-order valence-electron chi connectivity index (χ1n) is 7.38. The van der Waals surface area contributed by atoms with Gasteiger partial charge in [0, 0.05) is 0 Å². The third-order valence-electron chi connectivity index (χ3n) is 3.57. The van der Waals surface area contributed by atoms with Crippen molar-refractivity contribution in [2.75, 3.05) is 6.61 Å². The van der Waals surface area contributed by atoms with Gasteiger partial charge in [-0.1, -0.05) is 24.3 Å². The van der Waals surface area contributed by atoms with E-state index in [0.717, 1.165) is 28.2 Å². The van der Waals surface area contributed by atoms with E-state index in [4.69, 9.17) is 4.74 Å². The fourth-order valence-electron chi connectivity index (χ4n) is 2.59. The Morgan fingerprint density at radius 1 is 1.14 bits per heavy atom. The Hall–Kier alpha value is -2.62. The predicted molar refractivity (Wildman–Crippen MR) is 86.4 cm³/mol. The molecule has 1 heterocycles. The summed E-state index contributed by atoms with van der Waals surface area (Å²) in [5.41, 5.74) is 2.67. The van der Waals surface area contributed by atoms with Crippen molar-refractivity contribution in [1.29, 1.82) is 0 Å². The molecule has 22 heavy (non-hydrogen) atoms. The molecule has 0 saturated heterocycles. The Morgan fingerprint density at radius 2 is 1.86 bits per heavy atom. The number of aromatic nitrogens is 2. The van der Waals surface area contributed by atoms with Gasteiger partial charge >= 0.3 is 0 Å². The lowest BCUT2D eigenvalue weighted by Gasteiger charge is -2.07. The van der Waals surface area contributed by atoms with Crippen LogP contribution in [0.15, 0.2) is 48.5 Å². The number of para-hydroxylation sites is 2. The maximum atomic E-state index is 12.6. The third-order valence-corrected chi connectivity index (χ3v) is 3.57. The lowest BCUT2D eigenvalue weighted by molar-refractivity contribution is 0.0916. The number of carbonyl (C=O) groups excluding carboxylic acids is 1. The molecule has 2 aromatic carbocycles. The molecular formula is C18H18N2O2. The summed E-state index contributed by atoms with van der Waals surface area (Å²) in [6.45, 7) is 4.44. The molecule has 3 rings (SSSR count). The van der Waals surface area contributed by atoms with Gasteiger partial charge in [0.05, 0.1) is 24.1 Å². The van der Waals surface area contributed by atoms with Crippen molar-refractivity contribution in [2.24, 2.45) is 0 Å². The summed E-state index contributed by atoms with van der Waals surface area (Å²) in [5, 5.41) is 0. The van der Waals surface area contributed by atoms with Gasteiger partial charge in [-0.25, -0.2) is 4.98 Å². The van der Waals surface area contributed by atoms with Gasteiger partial charge in [0.2, 0.25) is 5.91 Å². The number of hydrogen-bond acceptors (Lipinski definition) is 3. The van der Waals surface area contributed by atoms with E-state index < -0.39 is 0 Å². The number of ether oxygens (including phenoxy) is 1. The molecule has 0 aliphatic carbocycles. The van der Waals surface area contributed by atoms with Crippen LogP contribution in [0.25, 0.3) is 11.0 Å². The first-order chi connectivity index (χ1) is 10.7. The van der Waals surface area contributed by atoms with E-state index in [2.05, 4.69) is 4.98 Å². The second-order valence-electron chi connectivity index (χ2n) is 5.13. The quantitative estimate of drug-likeness (QED) is 0.738. The van der Waals surface area contributed by atoms with Crippen LogP contribution < -0.4 is 4.74 Å². The predicted octanol–water partition coefficient (Wildman–Crippen LogP) is 3.63. The molecular weight excluding hydrogens is 276 g/mol.